The zero-order valence-electron chi connectivity index (χ0n) is 4.74. The Morgan fingerprint density at radius 3 is 2.25 bits per heavy atom. The summed E-state index contributed by atoms with van der Waals surface area (Å²) >= 11 is 0. The summed E-state index contributed by atoms with van der Waals surface area (Å²) in [7, 11) is -2.11. The molecule has 0 saturated carbocycles. The topological polar surface area (TPSA) is 40.1 Å². The van der Waals surface area contributed by atoms with Gasteiger partial charge in [0.25, 0.3) is 0 Å². The maximum absolute atomic E-state index is 9.80. The summed E-state index contributed by atoms with van der Waals surface area (Å²) in [6.45, 7) is 1.97. The van der Waals surface area contributed by atoms with Crippen LogP contribution in [-0.2, 0) is 21.6 Å². The molecule has 0 aliphatic carbocycles. The van der Waals surface area contributed by atoms with Crippen LogP contribution in [0.15, 0.2) is 0 Å². The van der Waals surface area contributed by atoms with Crippen LogP contribution < -0.4 is 4.89 Å². The second-order valence-corrected chi connectivity index (χ2v) is 2.52. The van der Waals surface area contributed by atoms with E-state index in [2.05, 4.69) is 0 Å². The van der Waals surface area contributed by atoms with Crippen LogP contribution in [-0.4, -0.2) is 6.16 Å². The van der Waals surface area contributed by atoms with Crippen molar-refractivity contribution < 1.29 is 26.5 Å². The molecule has 47 valence electrons. The van der Waals surface area contributed by atoms with Crippen molar-refractivity contribution >= 4 is 8.03 Å². The van der Waals surface area contributed by atoms with Gasteiger partial charge in [-0.05, 0) is 6.42 Å². The third-order valence-corrected chi connectivity index (χ3v) is 1.38. The summed E-state index contributed by atoms with van der Waals surface area (Å²) in [5.41, 5.74) is 0. The van der Waals surface area contributed by atoms with E-state index in [0.717, 1.165) is 12.8 Å². The molecule has 0 saturated heterocycles. The minimum atomic E-state index is -2.11. The fourth-order valence-electron chi connectivity index (χ4n) is 0.287. The predicted octanol–water partition coefficient (Wildman–Crippen LogP) is 0.887. The van der Waals surface area contributed by atoms with E-state index in [1.54, 1.807) is 0 Å². The van der Waals surface area contributed by atoms with Gasteiger partial charge < -0.3 is 4.89 Å². The Bertz CT molecular complexity index is 67.1. The third-order valence-electron chi connectivity index (χ3n) is 0.694. The van der Waals surface area contributed by atoms with Crippen molar-refractivity contribution in [3.05, 3.63) is 0 Å². The van der Waals surface area contributed by atoms with E-state index >= 15 is 0 Å². The Labute approximate surface area is 61.0 Å². The molecule has 0 spiro atoms. The average molecular weight is 176 g/mol. The number of rotatable bonds is 3. The third kappa shape index (κ3) is 9.77. The Morgan fingerprint density at radius 2 is 2.12 bits per heavy atom. The minimum absolute atomic E-state index is 0. The molecule has 0 heterocycles. The van der Waals surface area contributed by atoms with Crippen LogP contribution in [0, 0.1) is 0 Å². The van der Waals surface area contributed by atoms with Crippen molar-refractivity contribution in [3.8, 4) is 0 Å². The van der Waals surface area contributed by atoms with E-state index in [-0.39, 0.29) is 17.1 Å². The van der Waals surface area contributed by atoms with E-state index in [9.17, 15) is 9.46 Å². The molecule has 1 atom stereocenters. The Morgan fingerprint density at radius 1 is 1.62 bits per heavy atom. The summed E-state index contributed by atoms with van der Waals surface area (Å²) in [6.07, 6.45) is 2.12. The van der Waals surface area contributed by atoms with Crippen molar-refractivity contribution in [2.75, 3.05) is 6.16 Å². The second kappa shape index (κ2) is 7.58. The van der Waals surface area contributed by atoms with Crippen molar-refractivity contribution in [1.82, 2.24) is 0 Å². The first-order valence-electron chi connectivity index (χ1n) is 2.39. The molecule has 0 aromatic rings. The summed E-state index contributed by atoms with van der Waals surface area (Å²) in [5.74, 6) is 0. The molecule has 4 heteroatoms. The molecule has 8 heavy (non-hydrogen) atoms. The van der Waals surface area contributed by atoms with Gasteiger partial charge >= 0.3 is 25.1 Å². The Kier molecular flexibility index (Phi) is 10.8. The number of hydrogen-bond acceptors (Lipinski definition) is 2. The SMILES string of the molecule is CCCC[P+](=O)[O-].[Fe+3]. The first kappa shape index (κ1) is 11.4. The van der Waals surface area contributed by atoms with Gasteiger partial charge in [-0.2, -0.15) is 0 Å². The molecular weight excluding hydrogens is 167 g/mol. The molecule has 0 rings (SSSR count). The van der Waals surface area contributed by atoms with Crippen LogP contribution in [0.5, 0.6) is 0 Å². The first-order valence-corrected chi connectivity index (χ1v) is 3.75. The maximum atomic E-state index is 9.80. The van der Waals surface area contributed by atoms with Gasteiger partial charge in [-0.25, -0.2) is 0 Å². The summed E-state index contributed by atoms with van der Waals surface area (Å²) in [4.78, 5) is 9.80. The van der Waals surface area contributed by atoms with E-state index in [1.165, 1.54) is 0 Å². The summed E-state index contributed by atoms with van der Waals surface area (Å²) < 4.78 is 9.80. The van der Waals surface area contributed by atoms with Gasteiger partial charge in [0.05, 0.1) is 0 Å². The zero-order chi connectivity index (χ0) is 5.70. The van der Waals surface area contributed by atoms with E-state index in [0.29, 0.717) is 6.16 Å². The molecule has 0 fully saturated rings. The van der Waals surface area contributed by atoms with Crippen LogP contribution in [0.25, 0.3) is 0 Å². The van der Waals surface area contributed by atoms with Crippen LogP contribution in [0.2, 0.25) is 0 Å². The second-order valence-electron chi connectivity index (χ2n) is 1.41. The smallest absolute Gasteiger partial charge is 0.596 e. The molecule has 0 amide bonds. The molecule has 1 radical (unpaired) electrons. The van der Waals surface area contributed by atoms with E-state index in [1.807, 2.05) is 6.92 Å². The van der Waals surface area contributed by atoms with Gasteiger partial charge in [-0.15, -0.1) is 0 Å². The number of hydrogen-bond donors (Lipinski definition) is 0. The monoisotopic (exact) mass is 176 g/mol. The van der Waals surface area contributed by atoms with Gasteiger partial charge in [0.2, 0.25) is 0 Å². The Hall–Kier alpha value is 0.579. The van der Waals surface area contributed by atoms with E-state index in [4.69, 9.17) is 0 Å². The molecule has 0 aliphatic rings. The predicted molar refractivity (Wildman–Crippen MR) is 27.4 cm³/mol. The van der Waals surface area contributed by atoms with Gasteiger partial charge in [-0.3, -0.25) is 0 Å². The average Bonchev–Trinajstić information content (AvgIpc) is 1.61. The fraction of sp³-hybridized carbons (Fsp3) is 1.00. The summed E-state index contributed by atoms with van der Waals surface area (Å²) in [5, 5.41) is 0. The molecule has 0 bridgehead atoms. The van der Waals surface area contributed by atoms with Crippen molar-refractivity contribution in [2.24, 2.45) is 0 Å². The van der Waals surface area contributed by atoms with Crippen LogP contribution in [0.4, 0.5) is 0 Å². The standard InChI is InChI=1S/C4H9O2P.Fe/c1-2-3-4-7(5)6;/h2-4H2,1H3;/q;+3. The molecule has 2 nitrogen and oxygen atoms in total. The normalized spacial score (nSPS) is 10.0. The van der Waals surface area contributed by atoms with Gasteiger partial charge in [0.1, 0.15) is 6.16 Å². The summed E-state index contributed by atoms with van der Waals surface area (Å²) in [6, 6.07) is 0. The zero-order valence-corrected chi connectivity index (χ0v) is 6.74. The fourth-order valence-corrected chi connectivity index (χ4v) is 0.862. The van der Waals surface area contributed by atoms with Crippen molar-refractivity contribution in [1.29, 1.82) is 0 Å². The van der Waals surface area contributed by atoms with Crippen molar-refractivity contribution in [3.63, 3.8) is 0 Å². The molecular formula is C4H9FeO2P+3. The maximum Gasteiger partial charge on any atom is 3.00 e. The molecule has 0 aromatic heterocycles. The first-order chi connectivity index (χ1) is 3.27. The molecule has 0 aliphatic heterocycles. The van der Waals surface area contributed by atoms with Gasteiger partial charge in [0.15, 0.2) is 0 Å². The quantitative estimate of drug-likeness (QED) is 0.473. The van der Waals surface area contributed by atoms with Gasteiger partial charge in [0, 0.05) is 0 Å². The molecule has 1 unspecified atom stereocenters. The van der Waals surface area contributed by atoms with Crippen LogP contribution >= 0.6 is 8.03 Å². The molecule has 0 N–H and O–H groups in total. The molecule has 0 aromatic carbocycles. The van der Waals surface area contributed by atoms with E-state index < -0.39 is 8.03 Å². The minimum Gasteiger partial charge on any atom is -0.596 e. The largest absolute Gasteiger partial charge is 3.00 e. The number of unbranched alkanes of at least 4 members (excludes halogenated alkanes) is 1. The van der Waals surface area contributed by atoms with Crippen LogP contribution in [0.3, 0.4) is 0 Å². The van der Waals surface area contributed by atoms with Crippen molar-refractivity contribution in [2.45, 2.75) is 19.8 Å². The van der Waals surface area contributed by atoms with Crippen LogP contribution in [0.1, 0.15) is 19.8 Å². The van der Waals surface area contributed by atoms with Gasteiger partial charge in [-0.1, -0.05) is 17.9 Å². The Balaban J connectivity index is 0.